The molecule has 0 bridgehead atoms. The standard InChI is InChI=1S/C27H28N2O7/c1-6-8-19-12-18(14-22(35-7-2)24(19)36-15-23(30)34-5)13-21-25(31)28-27(33)29(26(21)32)20-10-9-16(3)17(4)11-20/h6,9-14H,1,7-8,15H2,2-5H3,(H,28,31,33)/b21-13+. The third kappa shape index (κ3) is 5.63. The van der Waals surface area contributed by atoms with E-state index in [0.29, 0.717) is 41.3 Å². The predicted octanol–water partition coefficient (Wildman–Crippen LogP) is 3.65. The lowest BCUT2D eigenvalue weighted by Gasteiger charge is -2.27. The van der Waals surface area contributed by atoms with Crippen LogP contribution in [0.2, 0.25) is 0 Å². The highest BCUT2D eigenvalue weighted by Crippen LogP contribution is 2.35. The van der Waals surface area contributed by atoms with Crippen LogP contribution in [0.1, 0.15) is 29.2 Å². The van der Waals surface area contributed by atoms with E-state index in [1.807, 2.05) is 13.8 Å². The zero-order valence-corrected chi connectivity index (χ0v) is 20.7. The molecule has 0 aliphatic carbocycles. The Morgan fingerprint density at radius 3 is 2.47 bits per heavy atom. The predicted molar refractivity (Wildman–Crippen MR) is 134 cm³/mol. The molecule has 188 valence electrons. The number of rotatable bonds is 9. The van der Waals surface area contributed by atoms with Gasteiger partial charge in [0.15, 0.2) is 18.1 Å². The van der Waals surface area contributed by atoms with Gasteiger partial charge in [0.2, 0.25) is 0 Å². The van der Waals surface area contributed by atoms with Gasteiger partial charge in [-0.3, -0.25) is 14.9 Å². The quantitative estimate of drug-likeness (QED) is 0.246. The number of methoxy groups -OCH3 is 1. The summed E-state index contributed by atoms with van der Waals surface area (Å²) in [6, 6.07) is 7.63. The number of ether oxygens (including phenoxy) is 3. The third-order valence-corrected chi connectivity index (χ3v) is 5.54. The first-order chi connectivity index (χ1) is 17.2. The molecule has 0 spiro atoms. The summed E-state index contributed by atoms with van der Waals surface area (Å²) in [6.07, 6.45) is 3.39. The molecule has 9 heteroatoms. The van der Waals surface area contributed by atoms with Crippen LogP contribution in [0.3, 0.4) is 0 Å². The summed E-state index contributed by atoms with van der Waals surface area (Å²) in [5, 5.41) is 2.23. The number of carbonyl (C=O) groups is 4. The minimum atomic E-state index is -0.820. The molecule has 1 aliphatic heterocycles. The van der Waals surface area contributed by atoms with Crippen molar-refractivity contribution in [2.75, 3.05) is 25.2 Å². The van der Waals surface area contributed by atoms with Gasteiger partial charge in [0.25, 0.3) is 11.8 Å². The Labute approximate surface area is 209 Å². The number of amides is 4. The first-order valence-corrected chi connectivity index (χ1v) is 11.3. The molecule has 36 heavy (non-hydrogen) atoms. The van der Waals surface area contributed by atoms with E-state index in [4.69, 9.17) is 9.47 Å². The number of allylic oxidation sites excluding steroid dienone is 1. The van der Waals surface area contributed by atoms with Crippen molar-refractivity contribution < 1.29 is 33.4 Å². The van der Waals surface area contributed by atoms with Crippen molar-refractivity contribution >= 4 is 35.6 Å². The third-order valence-electron chi connectivity index (χ3n) is 5.54. The van der Waals surface area contributed by atoms with Crippen molar-refractivity contribution in [3.8, 4) is 11.5 Å². The fraction of sp³-hybridized carbons (Fsp3) is 0.259. The van der Waals surface area contributed by atoms with E-state index >= 15 is 0 Å². The molecule has 1 aliphatic rings. The van der Waals surface area contributed by atoms with Crippen LogP contribution in [0, 0.1) is 13.8 Å². The summed E-state index contributed by atoms with van der Waals surface area (Å²) in [6.45, 7) is 9.30. The maximum atomic E-state index is 13.3. The number of benzene rings is 2. The highest BCUT2D eigenvalue weighted by molar-refractivity contribution is 6.39. The zero-order chi connectivity index (χ0) is 26.4. The Kier molecular flexibility index (Phi) is 8.26. The SMILES string of the molecule is C=CCc1cc(/C=C2\C(=O)NC(=O)N(c3ccc(C)c(C)c3)C2=O)cc(OCC)c1OCC(=O)OC. The monoisotopic (exact) mass is 492 g/mol. The normalized spacial score (nSPS) is 14.5. The summed E-state index contributed by atoms with van der Waals surface area (Å²) in [5.41, 5.74) is 3.12. The molecule has 0 radical (unpaired) electrons. The van der Waals surface area contributed by atoms with Gasteiger partial charge in [0.05, 0.1) is 19.4 Å². The lowest BCUT2D eigenvalue weighted by Crippen LogP contribution is -2.54. The Morgan fingerprint density at radius 2 is 1.83 bits per heavy atom. The summed E-state index contributed by atoms with van der Waals surface area (Å²) in [7, 11) is 1.26. The smallest absolute Gasteiger partial charge is 0.343 e. The molecule has 2 aromatic rings. The first kappa shape index (κ1) is 26.2. The Bertz CT molecular complexity index is 1260. The summed E-state index contributed by atoms with van der Waals surface area (Å²) in [4.78, 5) is 51.0. The van der Waals surface area contributed by atoms with E-state index < -0.39 is 23.8 Å². The van der Waals surface area contributed by atoms with Crippen LogP contribution in [0.25, 0.3) is 6.08 Å². The van der Waals surface area contributed by atoms with Gasteiger partial charge in [-0.15, -0.1) is 6.58 Å². The molecule has 2 aromatic carbocycles. The van der Waals surface area contributed by atoms with Gasteiger partial charge in [-0.2, -0.15) is 0 Å². The molecule has 0 saturated carbocycles. The molecule has 4 amide bonds. The lowest BCUT2D eigenvalue weighted by atomic mass is 10.0. The van der Waals surface area contributed by atoms with Gasteiger partial charge in [0, 0.05) is 5.56 Å². The molecular formula is C27H28N2O7. The van der Waals surface area contributed by atoms with Crippen LogP contribution in [0.15, 0.2) is 48.6 Å². The van der Waals surface area contributed by atoms with Gasteiger partial charge in [-0.1, -0.05) is 12.1 Å². The van der Waals surface area contributed by atoms with Gasteiger partial charge >= 0.3 is 12.0 Å². The van der Waals surface area contributed by atoms with E-state index in [0.717, 1.165) is 16.0 Å². The van der Waals surface area contributed by atoms with Crippen molar-refractivity contribution in [3.05, 3.63) is 70.8 Å². The van der Waals surface area contributed by atoms with E-state index in [1.54, 1.807) is 43.3 Å². The fourth-order valence-corrected chi connectivity index (χ4v) is 3.61. The number of hydrogen-bond donors (Lipinski definition) is 1. The van der Waals surface area contributed by atoms with E-state index in [1.165, 1.54) is 13.2 Å². The van der Waals surface area contributed by atoms with E-state index in [-0.39, 0.29) is 12.2 Å². The number of urea groups is 1. The summed E-state index contributed by atoms with van der Waals surface area (Å²) in [5.74, 6) is -1.47. The molecule has 0 aromatic heterocycles. The molecule has 1 heterocycles. The molecule has 1 saturated heterocycles. The van der Waals surface area contributed by atoms with Crippen LogP contribution < -0.4 is 19.7 Å². The number of barbiturate groups is 1. The average molecular weight is 493 g/mol. The molecule has 1 N–H and O–H groups in total. The van der Waals surface area contributed by atoms with Crippen LogP contribution in [-0.4, -0.2) is 44.1 Å². The second-order valence-corrected chi connectivity index (χ2v) is 8.02. The molecule has 1 fully saturated rings. The van der Waals surface area contributed by atoms with Crippen LogP contribution >= 0.6 is 0 Å². The van der Waals surface area contributed by atoms with Crippen LogP contribution in [0.4, 0.5) is 10.5 Å². The first-order valence-electron chi connectivity index (χ1n) is 11.3. The minimum Gasteiger partial charge on any atom is -0.490 e. The molecule has 3 rings (SSSR count). The largest absolute Gasteiger partial charge is 0.490 e. The van der Waals surface area contributed by atoms with Gasteiger partial charge < -0.3 is 14.2 Å². The summed E-state index contributed by atoms with van der Waals surface area (Å²) < 4.78 is 16.0. The second-order valence-electron chi connectivity index (χ2n) is 8.02. The van der Waals surface area contributed by atoms with Crippen LogP contribution in [-0.2, 0) is 25.5 Å². The number of aryl methyl sites for hydroxylation is 2. The Balaban J connectivity index is 2.06. The zero-order valence-electron chi connectivity index (χ0n) is 20.7. The van der Waals surface area contributed by atoms with E-state index in [2.05, 4.69) is 16.6 Å². The number of nitrogens with one attached hydrogen (secondary N) is 1. The summed E-state index contributed by atoms with van der Waals surface area (Å²) >= 11 is 0. The van der Waals surface area contributed by atoms with Crippen molar-refractivity contribution in [1.82, 2.24) is 5.32 Å². The number of anilines is 1. The lowest BCUT2D eigenvalue weighted by molar-refractivity contribution is -0.143. The number of imide groups is 2. The van der Waals surface area contributed by atoms with Crippen molar-refractivity contribution in [3.63, 3.8) is 0 Å². The van der Waals surface area contributed by atoms with Crippen molar-refractivity contribution in [2.45, 2.75) is 27.2 Å². The minimum absolute atomic E-state index is 0.219. The molecule has 0 unspecified atom stereocenters. The van der Waals surface area contributed by atoms with Gasteiger partial charge in [-0.25, -0.2) is 14.5 Å². The Hall–Kier alpha value is -4.40. The number of nitrogens with zero attached hydrogens (tertiary/aromatic N) is 1. The molecule has 9 nitrogen and oxygen atoms in total. The fourth-order valence-electron chi connectivity index (χ4n) is 3.61. The number of esters is 1. The van der Waals surface area contributed by atoms with Crippen molar-refractivity contribution in [2.24, 2.45) is 0 Å². The van der Waals surface area contributed by atoms with Gasteiger partial charge in [0.1, 0.15) is 5.57 Å². The number of hydrogen-bond acceptors (Lipinski definition) is 7. The number of carbonyl (C=O) groups excluding carboxylic acids is 4. The van der Waals surface area contributed by atoms with Crippen LogP contribution in [0.5, 0.6) is 11.5 Å². The Morgan fingerprint density at radius 1 is 1.08 bits per heavy atom. The topological polar surface area (TPSA) is 111 Å². The highest BCUT2D eigenvalue weighted by atomic mass is 16.6. The average Bonchev–Trinajstić information content (AvgIpc) is 2.83. The highest BCUT2D eigenvalue weighted by Gasteiger charge is 2.37. The van der Waals surface area contributed by atoms with E-state index in [9.17, 15) is 19.2 Å². The van der Waals surface area contributed by atoms with Gasteiger partial charge in [-0.05, 0) is 74.2 Å². The maximum Gasteiger partial charge on any atom is 0.343 e. The molecular weight excluding hydrogens is 464 g/mol. The van der Waals surface area contributed by atoms with Crippen molar-refractivity contribution in [1.29, 1.82) is 0 Å². The second kappa shape index (κ2) is 11.4. The molecule has 0 atom stereocenters. The maximum absolute atomic E-state index is 13.3.